The molecule has 0 bridgehead atoms. The number of carbonyl (C=O) groups excluding carboxylic acids is 2. The molecule has 1 fully saturated rings. The molecule has 7 heteroatoms. The van der Waals surface area contributed by atoms with Crippen molar-refractivity contribution in [2.45, 2.75) is 31.8 Å². The zero-order valence-corrected chi connectivity index (χ0v) is 16.1. The maximum Gasteiger partial charge on any atom is 0.325 e. The van der Waals surface area contributed by atoms with Crippen LogP contribution in [-0.4, -0.2) is 36.6 Å². The molecule has 0 aliphatic carbocycles. The van der Waals surface area contributed by atoms with Gasteiger partial charge in [0.15, 0.2) is 11.6 Å². The van der Waals surface area contributed by atoms with Crippen molar-refractivity contribution in [3.8, 4) is 11.5 Å². The van der Waals surface area contributed by atoms with Crippen molar-refractivity contribution >= 4 is 11.9 Å². The third-order valence-corrected chi connectivity index (χ3v) is 4.97. The van der Waals surface area contributed by atoms with Crippen molar-refractivity contribution in [1.29, 1.82) is 0 Å². The Hall–Kier alpha value is -3.09. The lowest BCUT2D eigenvalue weighted by atomic mass is 9.93. The fourth-order valence-corrected chi connectivity index (χ4v) is 3.24. The summed E-state index contributed by atoms with van der Waals surface area (Å²) in [5.74, 6) is 0.0277. The summed E-state index contributed by atoms with van der Waals surface area (Å²) in [7, 11) is 2.98. The number of halogens is 1. The second kappa shape index (κ2) is 7.88. The average molecular weight is 386 g/mol. The molecule has 0 radical (unpaired) electrons. The predicted molar refractivity (Wildman–Crippen MR) is 102 cm³/mol. The van der Waals surface area contributed by atoms with Crippen LogP contribution in [0.3, 0.4) is 0 Å². The summed E-state index contributed by atoms with van der Waals surface area (Å²) in [6.45, 7) is 1.72. The van der Waals surface area contributed by atoms with E-state index in [0.717, 1.165) is 16.2 Å². The molecule has 1 N–H and O–H groups in total. The van der Waals surface area contributed by atoms with Crippen LogP contribution in [0.1, 0.15) is 24.5 Å². The van der Waals surface area contributed by atoms with E-state index in [1.54, 1.807) is 20.1 Å². The van der Waals surface area contributed by atoms with E-state index in [4.69, 9.17) is 9.47 Å². The Labute approximate surface area is 163 Å². The van der Waals surface area contributed by atoms with Crippen molar-refractivity contribution in [3.05, 3.63) is 59.4 Å². The van der Waals surface area contributed by atoms with Crippen LogP contribution in [0.15, 0.2) is 42.5 Å². The molecule has 0 spiro atoms. The van der Waals surface area contributed by atoms with Gasteiger partial charge in [-0.05, 0) is 55.2 Å². The minimum Gasteiger partial charge on any atom is -0.497 e. The molecular weight excluding hydrogens is 363 g/mol. The highest BCUT2D eigenvalue weighted by molar-refractivity contribution is 6.06. The quantitative estimate of drug-likeness (QED) is 0.742. The maximum absolute atomic E-state index is 13.9. The topological polar surface area (TPSA) is 67.9 Å². The third-order valence-electron chi connectivity index (χ3n) is 4.97. The molecule has 3 rings (SSSR count). The van der Waals surface area contributed by atoms with Gasteiger partial charge in [-0.25, -0.2) is 9.18 Å². The Morgan fingerprint density at radius 1 is 1.04 bits per heavy atom. The predicted octanol–water partition coefficient (Wildman–Crippen LogP) is 3.29. The standard InChI is InChI=1S/C21H23FN2O4/c1-21(11-10-14-4-7-16(27-2)8-5-14)19(25)24(20(26)23-21)13-15-6-9-18(28-3)17(22)12-15/h4-9,12H,10-11,13H2,1-3H3,(H,23,26)/t21-/m0/s1. The normalized spacial score (nSPS) is 18.9. The molecule has 1 saturated heterocycles. The van der Waals surface area contributed by atoms with Gasteiger partial charge in [0.2, 0.25) is 0 Å². The summed E-state index contributed by atoms with van der Waals surface area (Å²) < 4.78 is 23.9. The van der Waals surface area contributed by atoms with Gasteiger partial charge in [0.25, 0.3) is 5.91 Å². The number of hydrogen-bond donors (Lipinski definition) is 1. The molecular formula is C21H23FN2O4. The smallest absolute Gasteiger partial charge is 0.325 e. The highest BCUT2D eigenvalue weighted by Gasteiger charge is 2.47. The number of benzene rings is 2. The van der Waals surface area contributed by atoms with Gasteiger partial charge in [0, 0.05) is 0 Å². The Bertz CT molecular complexity index is 884. The van der Waals surface area contributed by atoms with Crippen molar-refractivity contribution in [2.75, 3.05) is 14.2 Å². The van der Waals surface area contributed by atoms with Crippen molar-refractivity contribution < 1.29 is 23.5 Å². The number of nitrogens with one attached hydrogen (secondary N) is 1. The number of amides is 3. The Morgan fingerprint density at radius 2 is 1.71 bits per heavy atom. The van der Waals surface area contributed by atoms with Crippen LogP contribution in [0.4, 0.5) is 9.18 Å². The largest absolute Gasteiger partial charge is 0.497 e. The zero-order chi connectivity index (χ0) is 20.3. The van der Waals surface area contributed by atoms with Crippen LogP contribution in [-0.2, 0) is 17.8 Å². The fourth-order valence-electron chi connectivity index (χ4n) is 3.24. The summed E-state index contributed by atoms with van der Waals surface area (Å²) in [4.78, 5) is 26.4. The van der Waals surface area contributed by atoms with Crippen molar-refractivity contribution in [1.82, 2.24) is 10.2 Å². The van der Waals surface area contributed by atoms with E-state index in [9.17, 15) is 14.0 Å². The van der Waals surface area contributed by atoms with Crippen molar-refractivity contribution in [3.63, 3.8) is 0 Å². The van der Waals surface area contributed by atoms with Gasteiger partial charge in [-0.3, -0.25) is 9.69 Å². The van der Waals surface area contributed by atoms with E-state index in [0.29, 0.717) is 18.4 Å². The molecule has 28 heavy (non-hydrogen) atoms. The van der Waals surface area contributed by atoms with Crippen LogP contribution in [0, 0.1) is 5.82 Å². The zero-order valence-electron chi connectivity index (χ0n) is 16.1. The maximum atomic E-state index is 13.9. The van der Waals surface area contributed by atoms with Gasteiger partial charge in [-0.2, -0.15) is 0 Å². The molecule has 1 aliphatic rings. The molecule has 3 amide bonds. The highest BCUT2D eigenvalue weighted by Crippen LogP contribution is 2.26. The number of rotatable bonds is 7. The van der Waals surface area contributed by atoms with Gasteiger partial charge in [-0.15, -0.1) is 0 Å². The number of hydrogen-bond acceptors (Lipinski definition) is 4. The molecule has 148 valence electrons. The van der Waals surface area contributed by atoms with Gasteiger partial charge in [-0.1, -0.05) is 18.2 Å². The lowest BCUT2D eigenvalue weighted by Crippen LogP contribution is -2.44. The summed E-state index contributed by atoms with van der Waals surface area (Å²) >= 11 is 0. The van der Waals surface area contributed by atoms with Gasteiger partial charge >= 0.3 is 6.03 Å². The molecule has 0 unspecified atom stereocenters. The lowest BCUT2D eigenvalue weighted by Gasteiger charge is -2.22. The van der Waals surface area contributed by atoms with Gasteiger partial charge in [0.05, 0.1) is 20.8 Å². The summed E-state index contributed by atoms with van der Waals surface area (Å²) in [6, 6.07) is 11.5. The summed E-state index contributed by atoms with van der Waals surface area (Å²) in [5.41, 5.74) is 0.558. The molecule has 2 aromatic carbocycles. The highest BCUT2D eigenvalue weighted by atomic mass is 19.1. The summed E-state index contributed by atoms with van der Waals surface area (Å²) in [6.07, 6.45) is 1.08. The van der Waals surface area contributed by atoms with E-state index in [2.05, 4.69) is 5.32 Å². The first kappa shape index (κ1) is 19.7. The molecule has 0 aromatic heterocycles. The minimum absolute atomic E-state index is 0.00368. The molecule has 6 nitrogen and oxygen atoms in total. The van der Waals surface area contributed by atoms with Crippen LogP contribution in [0.25, 0.3) is 0 Å². The second-order valence-electron chi connectivity index (χ2n) is 6.97. The minimum atomic E-state index is -0.998. The summed E-state index contributed by atoms with van der Waals surface area (Å²) in [5, 5.41) is 2.77. The number of imide groups is 1. The van der Waals surface area contributed by atoms with Crippen LogP contribution < -0.4 is 14.8 Å². The number of ether oxygens (including phenoxy) is 2. The Balaban J connectivity index is 1.68. The lowest BCUT2D eigenvalue weighted by molar-refractivity contribution is -0.131. The Morgan fingerprint density at radius 3 is 2.32 bits per heavy atom. The van der Waals surface area contributed by atoms with Gasteiger partial charge < -0.3 is 14.8 Å². The Kier molecular flexibility index (Phi) is 5.53. The first-order valence-corrected chi connectivity index (χ1v) is 8.96. The SMILES string of the molecule is COc1ccc(CC[C@]2(C)NC(=O)N(Cc3ccc(OC)c(F)c3)C2=O)cc1. The van der Waals surface area contributed by atoms with E-state index < -0.39 is 17.4 Å². The number of carbonyl (C=O) groups is 2. The number of urea groups is 1. The molecule has 1 heterocycles. The van der Waals surface area contributed by atoms with E-state index >= 15 is 0 Å². The number of aryl methyl sites for hydroxylation is 1. The van der Waals surface area contributed by atoms with Gasteiger partial charge in [0.1, 0.15) is 11.3 Å². The second-order valence-corrected chi connectivity index (χ2v) is 6.97. The molecule has 1 aliphatic heterocycles. The monoisotopic (exact) mass is 386 g/mol. The third kappa shape index (κ3) is 3.93. The van der Waals surface area contributed by atoms with Crippen LogP contribution in [0.2, 0.25) is 0 Å². The number of methoxy groups -OCH3 is 2. The first-order valence-electron chi connectivity index (χ1n) is 8.96. The average Bonchev–Trinajstić information content (AvgIpc) is 2.90. The van der Waals surface area contributed by atoms with Crippen LogP contribution >= 0.6 is 0 Å². The molecule has 1 atom stereocenters. The van der Waals surface area contributed by atoms with Crippen molar-refractivity contribution in [2.24, 2.45) is 0 Å². The molecule has 2 aromatic rings. The van der Waals surface area contributed by atoms with E-state index in [1.807, 2.05) is 24.3 Å². The number of nitrogens with zero attached hydrogens (tertiary/aromatic N) is 1. The van der Waals surface area contributed by atoms with Crippen LogP contribution in [0.5, 0.6) is 11.5 Å². The van der Waals surface area contributed by atoms with E-state index in [-0.39, 0.29) is 18.2 Å². The fraction of sp³-hybridized carbons (Fsp3) is 0.333. The molecule has 0 saturated carbocycles. The first-order chi connectivity index (χ1) is 13.4. The van der Waals surface area contributed by atoms with E-state index in [1.165, 1.54) is 19.2 Å².